The Morgan fingerprint density at radius 3 is 2.00 bits per heavy atom. The molecule has 4 heteroatoms. The number of fused-ring (bicyclic) bond motifs is 21. The third-order valence-electron chi connectivity index (χ3n) is 12.0. The van der Waals surface area contributed by atoms with Gasteiger partial charge in [-0.1, -0.05) is 107 Å². The second kappa shape index (κ2) is 10.3. The van der Waals surface area contributed by atoms with Gasteiger partial charge in [-0.3, -0.25) is 0 Å². The number of aromatic nitrogens is 2. The lowest BCUT2D eigenvalue weighted by Crippen LogP contribution is -2.72. The summed E-state index contributed by atoms with van der Waals surface area (Å²) < 4.78 is 12.4. The molecule has 2 aliphatic rings. The van der Waals surface area contributed by atoms with Gasteiger partial charge in [0.25, 0.3) is 0 Å². The van der Waals surface area contributed by atoms with Gasteiger partial charge < -0.3 is 4.42 Å². The zero-order chi connectivity index (χ0) is 36.0. The summed E-state index contributed by atoms with van der Waals surface area (Å²) in [7, 11) is -1.65. The molecule has 0 radical (unpaired) electrons. The molecule has 11 rings (SSSR count). The fourth-order valence-electron chi connectivity index (χ4n) is 9.83. The molecule has 0 N–H and O–H groups in total. The Hall–Kier alpha value is -5.58. The van der Waals surface area contributed by atoms with Crippen LogP contribution in [0, 0.1) is 5.41 Å². The lowest BCUT2D eigenvalue weighted by Gasteiger charge is -2.20. The fourth-order valence-corrected chi connectivity index (χ4v) is 10.9. The number of furan rings is 1. The third kappa shape index (κ3) is 4.05. The average molecular weight is 703 g/mol. The number of pyridine rings is 2. The van der Waals surface area contributed by atoms with Crippen molar-refractivity contribution in [2.45, 2.75) is 52.5 Å². The maximum atomic E-state index is 7.20. The standard InChI is InChI=1S/C49H42N2OSi/c1-48(2,3)28-30-25-26-50-42(27-30)46-40(49(50)39-18-12-11-17-37(39)41-23-19-31(29-51(41)49)53(4,5)6)22-20-38-45-43(52-47(38)46)24-21-36-34-15-8-7-13-32(34)33-14-9-10-16-35(33)44(36)45/h7-27,29H,28H2,1-6H3/q+2. The van der Waals surface area contributed by atoms with Crippen LogP contribution in [0.3, 0.4) is 0 Å². The molecule has 1 unspecified atom stereocenters. The van der Waals surface area contributed by atoms with Crippen LogP contribution < -0.4 is 14.3 Å². The van der Waals surface area contributed by atoms with Crippen molar-refractivity contribution in [3.63, 3.8) is 0 Å². The second-order valence-corrected chi connectivity index (χ2v) is 22.7. The summed E-state index contributed by atoms with van der Waals surface area (Å²) in [5.74, 6) is 0. The topological polar surface area (TPSA) is 20.9 Å². The van der Waals surface area contributed by atoms with Crippen LogP contribution in [0.5, 0.6) is 0 Å². The molecule has 3 nitrogen and oxygen atoms in total. The first kappa shape index (κ1) is 31.0. The number of hydrogen-bond acceptors (Lipinski definition) is 1. The van der Waals surface area contributed by atoms with E-state index in [-0.39, 0.29) is 5.41 Å². The van der Waals surface area contributed by atoms with Crippen LogP contribution in [-0.2, 0) is 12.1 Å². The van der Waals surface area contributed by atoms with Crippen molar-refractivity contribution in [3.05, 3.63) is 150 Å². The van der Waals surface area contributed by atoms with Crippen molar-refractivity contribution in [1.29, 1.82) is 0 Å². The van der Waals surface area contributed by atoms with E-state index in [1.165, 1.54) is 87.5 Å². The summed E-state index contributed by atoms with van der Waals surface area (Å²) in [5.41, 5.74) is 10.3. The molecule has 9 aromatic rings. The van der Waals surface area contributed by atoms with Gasteiger partial charge in [0.1, 0.15) is 27.9 Å². The van der Waals surface area contributed by atoms with Gasteiger partial charge in [-0.05, 0) is 80.7 Å². The van der Waals surface area contributed by atoms with E-state index < -0.39 is 13.7 Å². The molecular weight excluding hydrogens is 661 g/mol. The van der Waals surface area contributed by atoms with Crippen LogP contribution in [0.1, 0.15) is 37.5 Å². The molecule has 256 valence electrons. The smallest absolute Gasteiger partial charge is 0.417 e. The van der Waals surface area contributed by atoms with Gasteiger partial charge in [0.05, 0.1) is 13.6 Å². The van der Waals surface area contributed by atoms with Crippen LogP contribution in [0.4, 0.5) is 0 Å². The Labute approximate surface area is 310 Å². The minimum atomic E-state index is -1.65. The summed E-state index contributed by atoms with van der Waals surface area (Å²) in [6.07, 6.45) is 5.83. The first-order chi connectivity index (χ1) is 25.5. The van der Waals surface area contributed by atoms with Crippen molar-refractivity contribution in [2.75, 3.05) is 0 Å². The Morgan fingerprint density at radius 2 is 1.26 bits per heavy atom. The molecule has 0 fully saturated rings. The molecular formula is C49H42N2OSi+2. The van der Waals surface area contributed by atoms with Crippen molar-refractivity contribution in [1.82, 2.24) is 0 Å². The molecule has 6 aromatic carbocycles. The van der Waals surface area contributed by atoms with Crippen LogP contribution >= 0.6 is 0 Å². The third-order valence-corrected chi connectivity index (χ3v) is 14.0. The summed E-state index contributed by atoms with van der Waals surface area (Å²) in [4.78, 5) is 0. The maximum absolute atomic E-state index is 7.20. The number of hydrogen-bond donors (Lipinski definition) is 0. The van der Waals surface area contributed by atoms with Crippen LogP contribution in [0.25, 0.3) is 76.8 Å². The SMILES string of the molecule is CC(C)(C)Cc1cc[n+]2c(c1)-c1c(ccc3c1oc1ccc4c5ccccc5c5ccccc5c4c13)C21c2ccccc2-c2ccc([Si](C)(C)C)c[n+]21. The predicted molar refractivity (Wildman–Crippen MR) is 222 cm³/mol. The minimum absolute atomic E-state index is 0.152. The van der Waals surface area contributed by atoms with Gasteiger partial charge in [0.2, 0.25) is 11.4 Å². The molecule has 1 spiro atoms. The second-order valence-electron chi connectivity index (χ2n) is 17.6. The van der Waals surface area contributed by atoms with E-state index in [4.69, 9.17) is 4.42 Å². The van der Waals surface area contributed by atoms with E-state index in [0.29, 0.717) is 0 Å². The van der Waals surface area contributed by atoms with Crippen LogP contribution in [0.15, 0.2) is 138 Å². The van der Waals surface area contributed by atoms with Gasteiger partial charge in [0, 0.05) is 39.5 Å². The van der Waals surface area contributed by atoms with E-state index in [9.17, 15) is 0 Å². The summed E-state index contributed by atoms with van der Waals surface area (Å²) in [6.45, 7) is 14.3. The minimum Gasteiger partial charge on any atom is -0.455 e. The molecule has 0 amide bonds. The molecule has 0 aliphatic carbocycles. The zero-order valence-electron chi connectivity index (χ0n) is 31.2. The van der Waals surface area contributed by atoms with Crippen molar-refractivity contribution >= 4 is 67.5 Å². The molecule has 53 heavy (non-hydrogen) atoms. The monoisotopic (exact) mass is 702 g/mol. The first-order valence-corrected chi connectivity index (χ1v) is 22.5. The molecule has 0 bridgehead atoms. The van der Waals surface area contributed by atoms with Crippen LogP contribution in [-0.4, -0.2) is 8.07 Å². The van der Waals surface area contributed by atoms with E-state index >= 15 is 0 Å². The van der Waals surface area contributed by atoms with E-state index in [0.717, 1.165) is 17.6 Å². The highest BCUT2D eigenvalue weighted by molar-refractivity contribution is 6.88. The highest BCUT2D eigenvalue weighted by atomic mass is 28.3. The summed E-state index contributed by atoms with van der Waals surface area (Å²) in [5, 5.41) is 11.5. The molecule has 0 saturated heterocycles. The normalized spacial score (nSPS) is 16.3. The van der Waals surface area contributed by atoms with E-state index in [1.807, 2.05) is 0 Å². The average Bonchev–Trinajstić information content (AvgIpc) is 3.77. The first-order valence-electron chi connectivity index (χ1n) is 19.0. The zero-order valence-corrected chi connectivity index (χ0v) is 32.2. The van der Waals surface area contributed by atoms with Gasteiger partial charge in [-0.15, -0.1) is 9.13 Å². The molecule has 0 saturated carbocycles. The Kier molecular flexibility index (Phi) is 6.02. The molecule has 3 aromatic heterocycles. The highest BCUT2D eigenvalue weighted by Crippen LogP contribution is 2.52. The lowest BCUT2D eigenvalue weighted by molar-refractivity contribution is -0.954. The van der Waals surface area contributed by atoms with Crippen molar-refractivity contribution in [3.8, 4) is 22.5 Å². The van der Waals surface area contributed by atoms with Gasteiger partial charge in [0.15, 0.2) is 12.4 Å². The van der Waals surface area contributed by atoms with Gasteiger partial charge in [-0.25, -0.2) is 0 Å². The fraction of sp³-hybridized carbons (Fsp3) is 0.184. The Morgan fingerprint density at radius 1 is 0.604 bits per heavy atom. The maximum Gasteiger partial charge on any atom is 0.417 e. The van der Waals surface area contributed by atoms with Gasteiger partial charge in [-0.2, -0.15) is 0 Å². The Bertz CT molecular complexity index is 3030. The highest BCUT2D eigenvalue weighted by Gasteiger charge is 2.67. The number of benzene rings is 6. The summed E-state index contributed by atoms with van der Waals surface area (Å²) in [6, 6.07) is 45.6. The summed E-state index contributed by atoms with van der Waals surface area (Å²) >= 11 is 0. The van der Waals surface area contributed by atoms with Crippen LogP contribution in [0.2, 0.25) is 19.6 Å². The molecule has 2 aliphatic heterocycles. The predicted octanol–water partition coefficient (Wildman–Crippen LogP) is 11.0. The Balaban J connectivity index is 1.31. The van der Waals surface area contributed by atoms with Crippen molar-refractivity contribution in [2.24, 2.45) is 5.41 Å². The molecule has 1 atom stereocenters. The van der Waals surface area contributed by atoms with Gasteiger partial charge >= 0.3 is 5.66 Å². The quantitative estimate of drug-likeness (QED) is 0.0998. The van der Waals surface area contributed by atoms with E-state index in [2.05, 4.69) is 183 Å². The number of rotatable bonds is 2. The number of nitrogens with zero attached hydrogens (tertiary/aromatic N) is 2. The van der Waals surface area contributed by atoms with Crippen molar-refractivity contribution < 1.29 is 13.6 Å². The lowest BCUT2D eigenvalue weighted by atomic mass is 9.87. The van der Waals surface area contributed by atoms with E-state index in [1.54, 1.807) is 0 Å². The molecule has 5 heterocycles. The largest absolute Gasteiger partial charge is 0.455 e.